The van der Waals surface area contributed by atoms with E-state index in [9.17, 15) is 18.0 Å². The Morgan fingerprint density at radius 3 is 2.86 bits per heavy atom. The molecule has 1 aliphatic heterocycles. The second kappa shape index (κ2) is 5.32. The molecule has 1 saturated carbocycles. The number of aromatic nitrogens is 1. The van der Waals surface area contributed by atoms with E-state index in [0.29, 0.717) is 24.6 Å². The SMILES string of the molecule is O=C(N[C@H]1CCN(CC(F)(F)F)C1)c1cc(C2CC2)on1. The van der Waals surface area contributed by atoms with Crippen molar-refractivity contribution in [2.24, 2.45) is 0 Å². The summed E-state index contributed by atoms with van der Waals surface area (Å²) < 4.78 is 42.0. The predicted octanol–water partition coefficient (Wildman–Crippen LogP) is 1.92. The number of rotatable bonds is 4. The van der Waals surface area contributed by atoms with Crippen molar-refractivity contribution in [3.8, 4) is 0 Å². The first-order chi connectivity index (χ1) is 9.90. The van der Waals surface area contributed by atoms with Gasteiger partial charge in [-0.2, -0.15) is 13.2 Å². The highest BCUT2D eigenvalue weighted by Gasteiger charge is 2.35. The van der Waals surface area contributed by atoms with Gasteiger partial charge in [-0.3, -0.25) is 9.69 Å². The monoisotopic (exact) mass is 303 g/mol. The molecular weight excluding hydrogens is 287 g/mol. The van der Waals surface area contributed by atoms with Crippen LogP contribution in [-0.2, 0) is 0 Å². The van der Waals surface area contributed by atoms with Gasteiger partial charge in [-0.15, -0.1) is 0 Å². The van der Waals surface area contributed by atoms with Crippen molar-refractivity contribution in [1.82, 2.24) is 15.4 Å². The first kappa shape index (κ1) is 14.4. The molecule has 116 valence electrons. The third-order valence-electron chi connectivity index (χ3n) is 3.75. The van der Waals surface area contributed by atoms with E-state index in [4.69, 9.17) is 4.52 Å². The Morgan fingerprint density at radius 2 is 2.19 bits per heavy atom. The summed E-state index contributed by atoms with van der Waals surface area (Å²) in [5.74, 6) is 0.697. The normalized spacial score (nSPS) is 23.5. The molecule has 1 atom stereocenters. The maximum atomic E-state index is 12.3. The lowest BCUT2D eigenvalue weighted by molar-refractivity contribution is -0.143. The minimum Gasteiger partial charge on any atom is -0.360 e. The number of likely N-dealkylation sites (tertiary alicyclic amines) is 1. The maximum absolute atomic E-state index is 12.3. The number of hydrogen-bond acceptors (Lipinski definition) is 4. The molecule has 2 aliphatic rings. The van der Waals surface area contributed by atoms with Crippen LogP contribution in [0.5, 0.6) is 0 Å². The van der Waals surface area contributed by atoms with Crippen LogP contribution in [0.1, 0.15) is 41.4 Å². The zero-order chi connectivity index (χ0) is 15.0. The summed E-state index contributed by atoms with van der Waals surface area (Å²) in [7, 11) is 0. The number of carbonyl (C=O) groups is 1. The summed E-state index contributed by atoms with van der Waals surface area (Å²) in [4.78, 5) is 13.3. The smallest absolute Gasteiger partial charge is 0.360 e. The Balaban J connectivity index is 1.51. The van der Waals surface area contributed by atoms with Crippen molar-refractivity contribution in [3.63, 3.8) is 0 Å². The number of hydrogen-bond donors (Lipinski definition) is 1. The van der Waals surface area contributed by atoms with Gasteiger partial charge in [0.05, 0.1) is 6.54 Å². The third-order valence-corrected chi connectivity index (χ3v) is 3.75. The lowest BCUT2D eigenvalue weighted by Crippen LogP contribution is -2.39. The summed E-state index contributed by atoms with van der Waals surface area (Å²) >= 11 is 0. The second-order valence-corrected chi connectivity index (χ2v) is 5.70. The van der Waals surface area contributed by atoms with E-state index in [1.807, 2.05) is 0 Å². The predicted molar refractivity (Wildman–Crippen MR) is 66.8 cm³/mol. The molecule has 0 unspecified atom stereocenters. The number of nitrogens with zero attached hydrogens (tertiary/aromatic N) is 2. The van der Waals surface area contributed by atoms with E-state index < -0.39 is 12.7 Å². The van der Waals surface area contributed by atoms with E-state index >= 15 is 0 Å². The Morgan fingerprint density at radius 1 is 1.43 bits per heavy atom. The Bertz CT molecular complexity index is 525. The van der Waals surface area contributed by atoms with Crippen molar-refractivity contribution in [2.45, 2.75) is 37.4 Å². The van der Waals surface area contributed by atoms with Crippen LogP contribution in [-0.4, -0.2) is 47.8 Å². The summed E-state index contributed by atoms with van der Waals surface area (Å²) in [6.07, 6.45) is -1.60. The molecule has 2 heterocycles. The molecule has 2 fully saturated rings. The van der Waals surface area contributed by atoms with Crippen LogP contribution in [0.4, 0.5) is 13.2 Å². The van der Waals surface area contributed by atoms with Crippen LogP contribution in [0.25, 0.3) is 0 Å². The molecular formula is C13H16F3N3O2. The molecule has 1 aliphatic carbocycles. The first-order valence-corrected chi connectivity index (χ1v) is 6.97. The number of halogens is 3. The molecule has 1 amide bonds. The fourth-order valence-corrected chi connectivity index (χ4v) is 2.56. The van der Waals surface area contributed by atoms with Crippen molar-refractivity contribution >= 4 is 5.91 Å². The highest BCUT2D eigenvalue weighted by atomic mass is 19.4. The molecule has 5 nitrogen and oxygen atoms in total. The fourth-order valence-electron chi connectivity index (χ4n) is 2.56. The van der Waals surface area contributed by atoms with E-state index in [-0.39, 0.29) is 24.2 Å². The van der Waals surface area contributed by atoms with Crippen LogP contribution >= 0.6 is 0 Å². The third kappa shape index (κ3) is 3.75. The van der Waals surface area contributed by atoms with Crippen LogP contribution in [0.3, 0.4) is 0 Å². The average Bonchev–Trinajstić information content (AvgIpc) is 2.95. The van der Waals surface area contributed by atoms with Crippen molar-refractivity contribution in [2.75, 3.05) is 19.6 Å². The van der Waals surface area contributed by atoms with Gasteiger partial charge in [0.15, 0.2) is 5.69 Å². The van der Waals surface area contributed by atoms with Gasteiger partial charge in [0.25, 0.3) is 5.91 Å². The second-order valence-electron chi connectivity index (χ2n) is 5.70. The summed E-state index contributed by atoms with van der Waals surface area (Å²) in [6, 6.07) is 1.34. The fraction of sp³-hybridized carbons (Fsp3) is 0.692. The van der Waals surface area contributed by atoms with Crippen molar-refractivity contribution in [3.05, 3.63) is 17.5 Å². The van der Waals surface area contributed by atoms with Crippen LogP contribution in [0, 0.1) is 0 Å². The summed E-state index contributed by atoms with van der Waals surface area (Å²) in [6.45, 7) is -0.398. The van der Waals surface area contributed by atoms with Gasteiger partial charge < -0.3 is 9.84 Å². The van der Waals surface area contributed by atoms with Crippen LogP contribution in [0.2, 0.25) is 0 Å². The van der Waals surface area contributed by atoms with Gasteiger partial charge in [0, 0.05) is 31.1 Å². The lowest BCUT2D eigenvalue weighted by Gasteiger charge is -2.17. The van der Waals surface area contributed by atoms with Gasteiger partial charge >= 0.3 is 6.18 Å². The van der Waals surface area contributed by atoms with Crippen LogP contribution in [0.15, 0.2) is 10.6 Å². The topological polar surface area (TPSA) is 58.4 Å². The number of carbonyl (C=O) groups excluding carboxylic acids is 1. The Hall–Kier alpha value is -1.57. The summed E-state index contributed by atoms with van der Waals surface area (Å²) in [5, 5.41) is 6.43. The molecule has 21 heavy (non-hydrogen) atoms. The minimum atomic E-state index is -4.20. The average molecular weight is 303 g/mol. The van der Waals surface area contributed by atoms with E-state index in [1.54, 1.807) is 6.07 Å². The van der Waals surface area contributed by atoms with Gasteiger partial charge in [0.2, 0.25) is 0 Å². The van der Waals surface area contributed by atoms with Gasteiger partial charge in [-0.1, -0.05) is 5.16 Å². The van der Waals surface area contributed by atoms with Crippen LogP contribution < -0.4 is 5.32 Å². The standard InChI is InChI=1S/C13H16F3N3O2/c14-13(15,16)7-19-4-3-9(6-19)17-12(20)10-5-11(21-18-10)8-1-2-8/h5,8-9H,1-4,6-7H2,(H,17,20)/t9-/m0/s1. The molecule has 0 bridgehead atoms. The highest BCUT2D eigenvalue weighted by Crippen LogP contribution is 2.40. The lowest BCUT2D eigenvalue weighted by atomic mass is 10.2. The highest BCUT2D eigenvalue weighted by molar-refractivity contribution is 5.92. The number of nitrogens with one attached hydrogen (secondary N) is 1. The molecule has 1 saturated heterocycles. The van der Waals surface area contributed by atoms with Crippen molar-refractivity contribution in [1.29, 1.82) is 0 Å². The molecule has 3 rings (SSSR count). The minimum absolute atomic E-state index is 0.200. The molecule has 1 aromatic rings. The van der Waals surface area contributed by atoms with E-state index in [0.717, 1.165) is 12.8 Å². The van der Waals surface area contributed by atoms with Gasteiger partial charge in [-0.25, -0.2) is 0 Å². The summed E-state index contributed by atoms with van der Waals surface area (Å²) in [5.41, 5.74) is 0.200. The van der Waals surface area contributed by atoms with Crippen molar-refractivity contribution < 1.29 is 22.5 Å². The quantitative estimate of drug-likeness (QED) is 0.923. The molecule has 0 radical (unpaired) electrons. The number of amides is 1. The zero-order valence-electron chi connectivity index (χ0n) is 11.3. The Labute approximate surface area is 119 Å². The molecule has 1 N–H and O–H groups in total. The van der Waals surface area contributed by atoms with E-state index in [2.05, 4.69) is 10.5 Å². The van der Waals surface area contributed by atoms with Gasteiger partial charge in [0.1, 0.15) is 5.76 Å². The van der Waals surface area contributed by atoms with Gasteiger partial charge in [-0.05, 0) is 19.3 Å². The molecule has 8 heteroatoms. The number of alkyl halides is 3. The molecule has 0 spiro atoms. The zero-order valence-corrected chi connectivity index (χ0v) is 11.3. The largest absolute Gasteiger partial charge is 0.401 e. The first-order valence-electron chi connectivity index (χ1n) is 6.97. The molecule has 1 aromatic heterocycles. The molecule has 0 aromatic carbocycles. The Kier molecular flexibility index (Phi) is 3.64. The van der Waals surface area contributed by atoms with E-state index in [1.165, 1.54) is 4.90 Å². The maximum Gasteiger partial charge on any atom is 0.401 e.